The van der Waals surface area contributed by atoms with Gasteiger partial charge in [-0.3, -0.25) is 9.88 Å². The third kappa shape index (κ3) is 3.84. The SMILES string of the molecule is [B]c1cnn2c(N(Cc3cccnc3)C(=O)OC(C)(C)C)cc(C)nc12. The lowest BCUT2D eigenvalue weighted by Gasteiger charge is -2.27. The molecule has 3 rings (SSSR count). The number of aryl methyl sites for hydroxylation is 1. The normalized spacial score (nSPS) is 11.5. The summed E-state index contributed by atoms with van der Waals surface area (Å²) in [6.07, 6.45) is 4.43. The summed E-state index contributed by atoms with van der Waals surface area (Å²) < 4.78 is 7.14. The van der Waals surface area contributed by atoms with Crippen molar-refractivity contribution in [3.8, 4) is 0 Å². The molecule has 0 N–H and O–H groups in total. The molecule has 8 heteroatoms. The number of carbonyl (C=O) groups excluding carboxylic acids is 1. The van der Waals surface area contributed by atoms with Crippen molar-refractivity contribution >= 4 is 30.9 Å². The summed E-state index contributed by atoms with van der Waals surface area (Å²) >= 11 is 0. The molecule has 26 heavy (non-hydrogen) atoms. The van der Waals surface area contributed by atoms with Crippen LogP contribution in [-0.4, -0.2) is 39.1 Å². The minimum absolute atomic E-state index is 0.279. The maximum Gasteiger partial charge on any atom is 0.416 e. The number of pyridine rings is 1. The van der Waals surface area contributed by atoms with Gasteiger partial charge in [0.1, 0.15) is 19.3 Å². The Morgan fingerprint density at radius 1 is 1.35 bits per heavy atom. The number of ether oxygens (including phenoxy) is 1. The van der Waals surface area contributed by atoms with Gasteiger partial charge in [0.05, 0.1) is 6.54 Å². The number of anilines is 1. The number of aromatic nitrogens is 4. The van der Waals surface area contributed by atoms with E-state index in [9.17, 15) is 4.79 Å². The molecule has 0 aliphatic heterocycles. The van der Waals surface area contributed by atoms with Crippen LogP contribution in [0, 0.1) is 6.92 Å². The van der Waals surface area contributed by atoms with Crippen LogP contribution in [-0.2, 0) is 11.3 Å². The highest BCUT2D eigenvalue weighted by molar-refractivity contribution is 6.36. The summed E-state index contributed by atoms with van der Waals surface area (Å²) in [4.78, 5) is 22.9. The molecule has 7 nitrogen and oxygen atoms in total. The van der Waals surface area contributed by atoms with Crippen LogP contribution in [0.15, 0.2) is 36.8 Å². The average Bonchev–Trinajstić information content (AvgIpc) is 2.92. The second-order valence-corrected chi connectivity index (χ2v) is 7.02. The molecule has 0 unspecified atom stereocenters. The molecular weight excluding hydrogens is 329 g/mol. The maximum atomic E-state index is 12.9. The van der Waals surface area contributed by atoms with E-state index in [1.165, 1.54) is 11.1 Å². The van der Waals surface area contributed by atoms with Gasteiger partial charge in [0.15, 0.2) is 5.65 Å². The predicted octanol–water partition coefficient (Wildman–Crippen LogP) is 2.17. The summed E-state index contributed by atoms with van der Waals surface area (Å²) in [6, 6.07) is 5.49. The van der Waals surface area contributed by atoms with E-state index >= 15 is 0 Å². The zero-order valence-electron chi connectivity index (χ0n) is 15.3. The van der Waals surface area contributed by atoms with E-state index in [-0.39, 0.29) is 6.54 Å². The average molecular weight is 349 g/mol. The van der Waals surface area contributed by atoms with Crippen LogP contribution < -0.4 is 10.4 Å². The Morgan fingerprint density at radius 2 is 2.12 bits per heavy atom. The molecule has 3 aromatic heterocycles. The fourth-order valence-electron chi connectivity index (χ4n) is 2.50. The molecule has 0 atom stereocenters. The van der Waals surface area contributed by atoms with Gasteiger partial charge in [-0.1, -0.05) is 6.07 Å². The quantitative estimate of drug-likeness (QED) is 0.678. The summed E-state index contributed by atoms with van der Waals surface area (Å²) in [5.74, 6) is 0.530. The summed E-state index contributed by atoms with van der Waals surface area (Å²) in [5.41, 5.74) is 1.90. The molecule has 3 heterocycles. The van der Waals surface area contributed by atoms with E-state index in [4.69, 9.17) is 12.6 Å². The Morgan fingerprint density at radius 3 is 2.77 bits per heavy atom. The lowest BCUT2D eigenvalue weighted by atomic mass is 10.0. The Hall–Kier alpha value is -2.90. The number of amides is 1. The van der Waals surface area contributed by atoms with Gasteiger partial charge in [-0.05, 0) is 44.8 Å². The molecule has 0 aromatic carbocycles. The lowest BCUT2D eigenvalue weighted by molar-refractivity contribution is 0.0575. The van der Waals surface area contributed by atoms with Gasteiger partial charge >= 0.3 is 6.09 Å². The minimum Gasteiger partial charge on any atom is -0.443 e. The third-order valence-corrected chi connectivity index (χ3v) is 3.56. The summed E-state index contributed by atoms with van der Waals surface area (Å²) in [7, 11) is 5.95. The molecule has 1 amide bonds. The van der Waals surface area contributed by atoms with Crippen LogP contribution in [0.2, 0.25) is 0 Å². The molecule has 2 radical (unpaired) electrons. The Labute approximate surface area is 153 Å². The first-order chi connectivity index (χ1) is 12.2. The van der Waals surface area contributed by atoms with Gasteiger partial charge in [0.2, 0.25) is 0 Å². The number of hydrogen-bond donors (Lipinski definition) is 0. The van der Waals surface area contributed by atoms with Gasteiger partial charge in [-0.15, -0.1) is 0 Å². The molecule has 0 aliphatic carbocycles. The molecule has 0 saturated heterocycles. The topological polar surface area (TPSA) is 72.6 Å². The fraction of sp³-hybridized carbons (Fsp3) is 0.333. The minimum atomic E-state index is -0.630. The second kappa shape index (κ2) is 6.78. The van der Waals surface area contributed by atoms with Gasteiger partial charge in [0.25, 0.3) is 0 Å². The van der Waals surface area contributed by atoms with E-state index in [0.717, 1.165) is 11.3 Å². The highest BCUT2D eigenvalue weighted by Crippen LogP contribution is 2.22. The molecule has 0 fully saturated rings. The summed E-state index contributed by atoms with van der Waals surface area (Å²) in [6.45, 7) is 7.60. The first kappa shape index (κ1) is 17.9. The zero-order valence-corrected chi connectivity index (χ0v) is 15.3. The molecule has 0 saturated carbocycles. The van der Waals surface area contributed by atoms with Crippen molar-refractivity contribution in [3.63, 3.8) is 0 Å². The highest BCUT2D eigenvalue weighted by Gasteiger charge is 2.26. The maximum absolute atomic E-state index is 12.9. The van der Waals surface area contributed by atoms with Crippen molar-refractivity contribution in [3.05, 3.63) is 48.0 Å². The Balaban J connectivity index is 2.10. The fourth-order valence-corrected chi connectivity index (χ4v) is 2.50. The molecule has 0 bridgehead atoms. The van der Waals surface area contributed by atoms with E-state index in [2.05, 4.69) is 15.1 Å². The van der Waals surface area contributed by atoms with E-state index < -0.39 is 11.7 Å². The predicted molar refractivity (Wildman–Crippen MR) is 99.8 cm³/mol. The van der Waals surface area contributed by atoms with Crippen molar-refractivity contribution < 1.29 is 9.53 Å². The van der Waals surface area contributed by atoms with Crippen LogP contribution in [0.25, 0.3) is 5.65 Å². The molecule has 0 aliphatic rings. The second-order valence-electron chi connectivity index (χ2n) is 7.02. The highest BCUT2D eigenvalue weighted by atomic mass is 16.6. The van der Waals surface area contributed by atoms with Gasteiger partial charge in [0, 0.05) is 30.4 Å². The van der Waals surface area contributed by atoms with Crippen molar-refractivity contribution in [2.75, 3.05) is 4.90 Å². The Bertz CT molecular complexity index is 934. The monoisotopic (exact) mass is 349 g/mol. The standard InChI is InChI=1S/C18H20BN5O2/c1-12-8-15(24-16(22-12)14(19)10-21-24)23(17(25)26-18(2,3)4)11-13-6-5-7-20-9-13/h5-10H,11H2,1-4H3. The van der Waals surface area contributed by atoms with Crippen molar-refractivity contribution in [2.24, 2.45) is 0 Å². The van der Waals surface area contributed by atoms with Gasteiger partial charge in [-0.25, -0.2) is 9.78 Å². The van der Waals surface area contributed by atoms with Gasteiger partial charge in [-0.2, -0.15) is 9.61 Å². The van der Waals surface area contributed by atoms with Gasteiger partial charge < -0.3 is 4.74 Å². The van der Waals surface area contributed by atoms with Crippen LogP contribution in [0.1, 0.15) is 32.0 Å². The molecular formula is C18H20BN5O2. The van der Waals surface area contributed by atoms with E-state index in [1.54, 1.807) is 23.0 Å². The van der Waals surface area contributed by atoms with E-state index in [0.29, 0.717) is 16.9 Å². The molecule has 3 aromatic rings. The smallest absolute Gasteiger partial charge is 0.416 e. The number of nitrogens with zero attached hydrogens (tertiary/aromatic N) is 5. The zero-order chi connectivity index (χ0) is 18.9. The van der Waals surface area contributed by atoms with Crippen molar-refractivity contribution in [2.45, 2.75) is 39.8 Å². The third-order valence-electron chi connectivity index (χ3n) is 3.56. The molecule has 132 valence electrons. The first-order valence-corrected chi connectivity index (χ1v) is 8.25. The van der Waals surface area contributed by atoms with Crippen LogP contribution in [0.5, 0.6) is 0 Å². The van der Waals surface area contributed by atoms with Crippen molar-refractivity contribution in [1.82, 2.24) is 19.6 Å². The van der Waals surface area contributed by atoms with E-state index in [1.807, 2.05) is 39.8 Å². The largest absolute Gasteiger partial charge is 0.443 e. The van der Waals surface area contributed by atoms with Crippen LogP contribution in [0.3, 0.4) is 0 Å². The molecule has 0 spiro atoms. The summed E-state index contributed by atoms with van der Waals surface area (Å²) in [5, 5.41) is 4.26. The number of hydrogen-bond acceptors (Lipinski definition) is 5. The number of rotatable bonds is 3. The lowest BCUT2D eigenvalue weighted by Crippen LogP contribution is -2.37. The van der Waals surface area contributed by atoms with Crippen LogP contribution >= 0.6 is 0 Å². The van der Waals surface area contributed by atoms with Crippen LogP contribution in [0.4, 0.5) is 10.6 Å². The number of carbonyl (C=O) groups is 1. The van der Waals surface area contributed by atoms with Crippen molar-refractivity contribution in [1.29, 1.82) is 0 Å². The number of fused-ring (bicyclic) bond motifs is 1. The first-order valence-electron chi connectivity index (χ1n) is 8.25. The Kier molecular flexibility index (Phi) is 4.67.